The van der Waals surface area contributed by atoms with Crippen LogP contribution in [0.4, 0.5) is 0 Å². The average molecular weight is 254 g/mol. The largest absolute Gasteiger partial charge is 0.393 e. The molecule has 0 aromatic carbocycles. The van der Waals surface area contributed by atoms with E-state index >= 15 is 0 Å². The molecule has 0 aromatic heterocycles. The fourth-order valence-corrected chi connectivity index (χ4v) is 3.70. The van der Waals surface area contributed by atoms with Crippen LogP contribution in [0, 0.1) is 11.8 Å². The molecule has 3 atom stereocenters. The molecule has 1 N–H and O–H groups in total. The summed E-state index contributed by atoms with van der Waals surface area (Å²) in [4.78, 5) is 5.14. The number of nitrogens with zero attached hydrogens (tertiary/aromatic N) is 2. The molecule has 3 heteroatoms. The maximum absolute atomic E-state index is 10.3. The molecule has 2 rings (SSSR count). The van der Waals surface area contributed by atoms with Crippen LogP contribution in [0.1, 0.15) is 40.0 Å². The highest BCUT2D eigenvalue weighted by atomic mass is 16.3. The molecule has 0 amide bonds. The fraction of sp³-hybridized carbons (Fsp3) is 1.00. The Morgan fingerprint density at radius 3 is 2.28 bits per heavy atom. The minimum atomic E-state index is -0.0760. The summed E-state index contributed by atoms with van der Waals surface area (Å²) in [5, 5.41) is 10.3. The maximum atomic E-state index is 10.3. The first-order valence-electron chi connectivity index (χ1n) is 7.76. The molecule has 106 valence electrons. The molecule has 0 aromatic rings. The van der Waals surface area contributed by atoms with E-state index in [1.165, 1.54) is 45.6 Å². The molecular weight excluding hydrogens is 224 g/mol. The minimum Gasteiger partial charge on any atom is -0.393 e. The third kappa shape index (κ3) is 3.25. The van der Waals surface area contributed by atoms with Crippen LogP contribution >= 0.6 is 0 Å². The number of hydrogen-bond acceptors (Lipinski definition) is 3. The summed E-state index contributed by atoms with van der Waals surface area (Å²) in [7, 11) is 0. The van der Waals surface area contributed by atoms with Crippen LogP contribution in [0.3, 0.4) is 0 Å². The first-order chi connectivity index (χ1) is 8.61. The Kier molecular flexibility index (Phi) is 5.05. The molecule has 3 nitrogen and oxygen atoms in total. The molecule has 18 heavy (non-hydrogen) atoms. The lowest BCUT2D eigenvalue weighted by atomic mass is 9.77. The second kappa shape index (κ2) is 6.36. The lowest BCUT2D eigenvalue weighted by Gasteiger charge is -2.44. The Bertz CT molecular complexity index is 249. The molecule has 0 spiro atoms. The van der Waals surface area contributed by atoms with Crippen LogP contribution in [0.25, 0.3) is 0 Å². The third-order valence-electron chi connectivity index (χ3n) is 5.07. The van der Waals surface area contributed by atoms with Crippen molar-refractivity contribution in [3.63, 3.8) is 0 Å². The summed E-state index contributed by atoms with van der Waals surface area (Å²) < 4.78 is 0. The van der Waals surface area contributed by atoms with Gasteiger partial charge < -0.3 is 10.0 Å². The highest BCUT2D eigenvalue weighted by molar-refractivity contribution is 4.88. The van der Waals surface area contributed by atoms with Gasteiger partial charge in [-0.15, -0.1) is 0 Å². The first kappa shape index (κ1) is 14.3. The van der Waals surface area contributed by atoms with Crippen molar-refractivity contribution in [2.45, 2.75) is 52.2 Å². The van der Waals surface area contributed by atoms with E-state index in [0.29, 0.717) is 17.9 Å². The second-order valence-corrected chi connectivity index (χ2v) is 6.41. The average Bonchev–Trinajstić information content (AvgIpc) is 2.38. The van der Waals surface area contributed by atoms with Crippen molar-refractivity contribution < 1.29 is 5.11 Å². The van der Waals surface area contributed by atoms with Gasteiger partial charge in [0.25, 0.3) is 0 Å². The molecule has 0 radical (unpaired) electrons. The summed E-state index contributed by atoms with van der Waals surface area (Å²) in [5.74, 6) is 1.15. The predicted molar refractivity (Wildman–Crippen MR) is 75.7 cm³/mol. The topological polar surface area (TPSA) is 26.7 Å². The first-order valence-corrected chi connectivity index (χ1v) is 7.76. The standard InChI is InChI=1S/C15H30N2O/c1-4-16-7-9-17(10-8-16)13-5-6-14(12(2)3)15(18)11-13/h12-15,18H,4-11H2,1-3H3. The van der Waals surface area contributed by atoms with Crippen molar-refractivity contribution in [2.75, 3.05) is 32.7 Å². The smallest absolute Gasteiger partial charge is 0.0585 e. The lowest BCUT2D eigenvalue weighted by molar-refractivity contribution is -0.00999. The van der Waals surface area contributed by atoms with Gasteiger partial charge in [-0.1, -0.05) is 20.8 Å². The highest BCUT2D eigenvalue weighted by Crippen LogP contribution is 2.32. The molecule has 2 aliphatic rings. The van der Waals surface area contributed by atoms with Gasteiger partial charge in [-0.05, 0) is 37.6 Å². The zero-order chi connectivity index (χ0) is 13.1. The SMILES string of the molecule is CCN1CCN(C2CCC(C(C)C)C(O)C2)CC1. The highest BCUT2D eigenvalue weighted by Gasteiger charge is 2.34. The summed E-state index contributed by atoms with van der Waals surface area (Å²) in [6, 6.07) is 0.633. The van der Waals surface area contributed by atoms with Gasteiger partial charge >= 0.3 is 0 Å². The predicted octanol–water partition coefficient (Wildman–Crippen LogP) is 1.81. The molecule has 2 fully saturated rings. The molecule has 1 heterocycles. The minimum absolute atomic E-state index is 0.0760. The molecule has 0 bridgehead atoms. The summed E-state index contributed by atoms with van der Waals surface area (Å²) in [6.45, 7) is 12.7. The van der Waals surface area contributed by atoms with Crippen LogP contribution in [-0.4, -0.2) is 59.8 Å². The lowest BCUT2D eigenvalue weighted by Crippen LogP contribution is -2.52. The number of hydrogen-bond donors (Lipinski definition) is 1. The number of aliphatic hydroxyl groups excluding tert-OH is 1. The Balaban J connectivity index is 1.82. The summed E-state index contributed by atoms with van der Waals surface area (Å²) >= 11 is 0. The normalized spacial score (nSPS) is 36.2. The third-order valence-corrected chi connectivity index (χ3v) is 5.07. The van der Waals surface area contributed by atoms with Crippen molar-refractivity contribution in [2.24, 2.45) is 11.8 Å². The van der Waals surface area contributed by atoms with Crippen LogP contribution in [0.15, 0.2) is 0 Å². The zero-order valence-electron chi connectivity index (χ0n) is 12.3. The van der Waals surface area contributed by atoms with Gasteiger partial charge in [-0.2, -0.15) is 0 Å². The van der Waals surface area contributed by atoms with Gasteiger partial charge in [-0.3, -0.25) is 4.90 Å². The zero-order valence-corrected chi connectivity index (χ0v) is 12.3. The Hall–Kier alpha value is -0.120. The monoisotopic (exact) mass is 254 g/mol. The molecule has 1 saturated carbocycles. The van der Waals surface area contributed by atoms with Crippen molar-refractivity contribution in [3.05, 3.63) is 0 Å². The van der Waals surface area contributed by atoms with Gasteiger partial charge in [-0.25, -0.2) is 0 Å². The van der Waals surface area contributed by atoms with Gasteiger partial charge in [0.1, 0.15) is 0 Å². The van der Waals surface area contributed by atoms with Crippen LogP contribution in [0.2, 0.25) is 0 Å². The van der Waals surface area contributed by atoms with E-state index in [1.54, 1.807) is 0 Å². The number of aliphatic hydroxyl groups is 1. The van der Waals surface area contributed by atoms with Crippen molar-refractivity contribution in [3.8, 4) is 0 Å². The second-order valence-electron chi connectivity index (χ2n) is 6.41. The van der Waals surface area contributed by atoms with E-state index in [-0.39, 0.29) is 6.10 Å². The van der Waals surface area contributed by atoms with Gasteiger partial charge in [0.2, 0.25) is 0 Å². The summed E-state index contributed by atoms with van der Waals surface area (Å²) in [5.41, 5.74) is 0. The van der Waals surface area contributed by atoms with E-state index in [1.807, 2.05) is 0 Å². The Morgan fingerprint density at radius 1 is 1.11 bits per heavy atom. The number of rotatable bonds is 3. The van der Waals surface area contributed by atoms with E-state index < -0.39 is 0 Å². The van der Waals surface area contributed by atoms with Crippen LogP contribution in [-0.2, 0) is 0 Å². The van der Waals surface area contributed by atoms with E-state index in [4.69, 9.17) is 0 Å². The quantitative estimate of drug-likeness (QED) is 0.832. The number of likely N-dealkylation sites (N-methyl/N-ethyl adjacent to an activating group) is 1. The van der Waals surface area contributed by atoms with E-state index in [0.717, 1.165) is 6.42 Å². The number of piperazine rings is 1. The van der Waals surface area contributed by atoms with Crippen molar-refractivity contribution in [1.29, 1.82) is 0 Å². The summed E-state index contributed by atoms with van der Waals surface area (Å²) in [6.07, 6.45) is 3.41. The molecule has 1 saturated heterocycles. The van der Waals surface area contributed by atoms with E-state index in [2.05, 4.69) is 30.6 Å². The molecule has 3 unspecified atom stereocenters. The van der Waals surface area contributed by atoms with Crippen molar-refractivity contribution in [1.82, 2.24) is 9.80 Å². The Labute approximate surface area is 112 Å². The molecule has 1 aliphatic carbocycles. The fourth-order valence-electron chi connectivity index (χ4n) is 3.70. The van der Waals surface area contributed by atoms with Crippen LogP contribution < -0.4 is 0 Å². The van der Waals surface area contributed by atoms with Crippen molar-refractivity contribution >= 4 is 0 Å². The molecule has 1 aliphatic heterocycles. The molecular formula is C15H30N2O. The van der Waals surface area contributed by atoms with Crippen LogP contribution in [0.5, 0.6) is 0 Å². The van der Waals surface area contributed by atoms with Gasteiger partial charge in [0.05, 0.1) is 6.10 Å². The van der Waals surface area contributed by atoms with E-state index in [9.17, 15) is 5.11 Å². The Morgan fingerprint density at radius 2 is 1.78 bits per heavy atom. The van der Waals surface area contributed by atoms with Gasteiger partial charge in [0.15, 0.2) is 0 Å². The maximum Gasteiger partial charge on any atom is 0.0585 e. The van der Waals surface area contributed by atoms with Gasteiger partial charge in [0, 0.05) is 32.2 Å².